The van der Waals surface area contributed by atoms with E-state index in [1.165, 1.54) is 11.1 Å². The number of carbonyl (C=O) groups is 2. The zero-order chi connectivity index (χ0) is 22.5. The summed E-state index contributed by atoms with van der Waals surface area (Å²) >= 11 is 0. The molecule has 32 heavy (non-hydrogen) atoms. The normalized spacial score (nSPS) is 19.8. The summed E-state index contributed by atoms with van der Waals surface area (Å²) in [6.07, 6.45) is 1.07. The van der Waals surface area contributed by atoms with Crippen molar-refractivity contribution in [1.29, 1.82) is 0 Å². The smallest absolute Gasteiger partial charge is 0.227 e. The Labute approximate surface area is 190 Å². The minimum atomic E-state index is -0.120. The van der Waals surface area contributed by atoms with Gasteiger partial charge in [0.15, 0.2) is 0 Å². The maximum Gasteiger partial charge on any atom is 0.227 e. The topological polar surface area (TPSA) is 53.1 Å². The van der Waals surface area contributed by atoms with E-state index in [-0.39, 0.29) is 17.7 Å². The highest BCUT2D eigenvalue weighted by molar-refractivity contribution is 5.84. The molecule has 0 unspecified atom stereocenters. The van der Waals surface area contributed by atoms with Crippen LogP contribution in [0.3, 0.4) is 0 Å². The number of aryl methyl sites for hydroxylation is 1. The molecule has 2 aliphatic heterocycles. The van der Waals surface area contributed by atoms with Gasteiger partial charge in [0, 0.05) is 57.8 Å². The Morgan fingerprint density at radius 1 is 1.03 bits per heavy atom. The highest BCUT2D eigenvalue weighted by Crippen LogP contribution is 2.25. The van der Waals surface area contributed by atoms with E-state index in [2.05, 4.69) is 36.1 Å². The van der Waals surface area contributed by atoms with Gasteiger partial charge in [-0.3, -0.25) is 14.5 Å². The summed E-state index contributed by atoms with van der Waals surface area (Å²) in [4.78, 5) is 32.0. The van der Waals surface area contributed by atoms with Gasteiger partial charge < -0.3 is 14.5 Å². The largest absolute Gasteiger partial charge is 0.496 e. The van der Waals surface area contributed by atoms with Crippen LogP contribution >= 0.6 is 0 Å². The molecular weight excluding hydrogens is 402 g/mol. The van der Waals surface area contributed by atoms with Crippen LogP contribution in [0.4, 0.5) is 0 Å². The molecule has 0 N–H and O–H groups in total. The van der Waals surface area contributed by atoms with Gasteiger partial charge in [-0.25, -0.2) is 0 Å². The lowest BCUT2D eigenvalue weighted by atomic mass is 9.95. The highest BCUT2D eigenvalue weighted by Gasteiger charge is 2.34. The third-order valence-corrected chi connectivity index (χ3v) is 6.58. The van der Waals surface area contributed by atoms with E-state index in [1.54, 1.807) is 7.11 Å². The second-order valence-corrected chi connectivity index (χ2v) is 8.91. The van der Waals surface area contributed by atoms with Crippen molar-refractivity contribution in [3.05, 3.63) is 65.2 Å². The van der Waals surface area contributed by atoms with Crippen molar-refractivity contribution in [3.8, 4) is 5.75 Å². The Kier molecular flexibility index (Phi) is 7.10. The summed E-state index contributed by atoms with van der Waals surface area (Å²) in [5, 5.41) is 0. The minimum Gasteiger partial charge on any atom is -0.496 e. The van der Waals surface area contributed by atoms with Gasteiger partial charge in [-0.15, -0.1) is 0 Å². The van der Waals surface area contributed by atoms with Crippen molar-refractivity contribution in [2.75, 3.05) is 39.8 Å². The van der Waals surface area contributed by atoms with Crippen molar-refractivity contribution < 1.29 is 14.3 Å². The molecule has 0 saturated carbocycles. The van der Waals surface area contributed by atoms with Gasteiger partial charge >= 0.3 is 0 Å². The molecular formula is C26H33N3O3. The van der Waals surface area contributed by atoms with Crippen LogP contribution in [0, 0.1) is 12.8 Å². The van der Waals surface area contributed by atoms with Crippen molar-refractivity contribution in [2.24, 2.45) is 5.92 Å². The quantitative estimate of drug-likeness (QED) is 0.700. The summed E-state index contributed by atoms with van der Waals surface area (Å²) in [5.74, 6) is 0.963. The number of benzene rings is 2. The van der Waals surface area contributed by atoms with Crippen LogP contribution in [0.5, 0.6) is 5.75 Å². The van der Waals surface area contributed by atoms with E-state index in [0.29, 0.717) is 25.9 Å². The fourth-order valence-corrected chi connectivity index (χ4v) is 4.76. The molecule has 170 valence electrons. The van der Waals surface area contributed by atoms with E-state index in [9.17, 15) is 9.59 Å². The molecule has 0 aromatic heterocycles. The van der Waals surface area contributed by atoms with Gasteiger partial charge in [0.25, 0.3) is 0 Å². The zero-order valence-electron chi connectivity index (χ0n) is 19.1. The van der Waals surface area contributed by atoms with Gasteiger partial charge in [-0.2, -0.15) is 0 Å². The molecule has 6 heteroatoms. The molecule has 1 atom stereocenters. The molecule has 2 heterocycles. The van der Waals surface area contributed by atoms with Crippen LogP contribution in [0.2, 0.25) is 0 Å². The number of amides is 2. The second-order valence-electron chi connectivity index (χ2n) is 8.91. The van der Waals surface area contributed by atoms with Gasteiger partial charge in [-0.1, -0.05) is 48.0 Å². The third kappa shape index (κ3) is 5.30. The number of likely N-dealkylation sites (tertiary alicyclic amines) is 1. The number of methoxy groups -OCH3 is 1. The van der Waals surface area contributed by atoms with E-state index in [4.69, 9.17) is 4.74 Å². The third-order valence-electron chi connectivity index (χ3n) is 6.58. The van der Waals surface area contributed by atoms with E-state index >= 15 is 0 Å². The minimum absolute atomic E-state index is 0.114. The zero-order valence-corrected chi connectivity index (χ0v) is 19.1. The van der Waals surface area contributed by atoms with Crippen LogP contribution in [0.25, 0.3) is 0 Å². The average Bonchev–Trinajstić information content (AvgIpc) is 2.81. The number of nitrogens with zero attached hydrogens (tertiary/aromatic N) is 3. The number of rotatable bonds is 6. The number of hydrogen-bond acceptors (Lipinski definition) is 4. The van der Waals surface area contributed by atoms with Crippen LogP contribution in [0.15, 0.2) is 48.5 Å². The van der Waals surface area contributed by atoms with Crippen molar-refractivity contribution in [3.63, 3.8) is 0 Å². The van der Waals surface area contributed by atoms with Gasteiger partial charge in [-0.05, 0) is 25.0 Å². The molecule has 2 fully saturated rings. The molecule has 0 bridgehead atoms. The summed E-state index contributed by atoms with van der Waals surface area (Å²) < 4.78 is 5.43. The predicted molar refractivity (Wildman–Crippen MR) is 124 cm³/mol. The Balaban J connectivity index is 1.32. The van der Waals surface area contributed by atoms with Crippen molar-refractivity contribution in [1.82, 2.24) is 14.7 Å². The fourth-order valence-electron chi connectivity index (χ4n) is 4.76. The molecule has 0 aliphatic carbocycles. The number of hydrogen-bond donors (Lipinski definition) is 0. The lowest BCUT2D eigenvalue weighted by molar-refractivity contribution is -0.144. The van der Waals surface area contributed by atoms with Crippen molar-refractivity contribution >= 4 is 11.8 Å². The molecule has 2 aromatic carbocycles. The van der Waals surface area contributed by atoms with Gasteiger partial charge in [0.2, 0.25) is 11.8 Å². The SMILES string of the molecule is COc1ccccc1CN1C[C@@H](C(=O)N2CCN(Cc3cccc(C)c3)CC2)CCC1=O. The lowest BCUT2D eigenvalue weighted by Crippen LogP contribution is -2.52. The van der Waals surface area contributed by atoms with Crippen LogP contribution in [-0.4, -0.2) is 66.3 Å². The van der Waals surface area contributed by atoms with Crippen LogP contribution < -0.4 is 4.74 Å². The van der Waals surface area contributed by atoms with E-state index in [0.717, 1.165) is 44.0 Å². The first kappa shape index (κ1) is 22.3. The fraction of sp³-hybridized carbons (Fsp3) is 0.462. The maximum absolute atomic E-state index is 13.2. The molecule has 2 saturated heterocycles. The molecule has 0 radical (unpaired) electrons. The Morgan fingerprint density at radius 3 is 2.56 bits per heavy atom. The number of carbonyl (C=O) groups excluding carboxylic acids is 2. The van der Waals surface area contributed by atoms with Crippen LogP contribution in [-0.2, 0) is 22.7 Å². The van der Waals surface area contributed by atoms with Crippen molar-refractivity contribution in [2.45, 2.75) is 32.9 Å². The average molecular weight is 436 g/mol. The summed E-state index contributed by atoms with van der Waals surface area (Å²) in [6.45, 7) is 7.28. The molecule has 6 nitrogen and oxygen atoms in total. The molecule has 0 spiro atoms. The number of piperazine rings is 1. The first-order valence-electron chi connectivity index (χ1n) is 11.5. The molecule has 2 aliphatic rings. The Bertz CT molecular complexity index is 953. The maximum atomic E-state index is 13.2. The first-order chi connectivity index (χ1) is 15.5. The highest BCUT2D eigenvalue weighted by atomic mass is 16.5. The van der Waals surface area contributed by atoms with Gasteiger partial charge in [0.1, 0.15) is 5.75 Å². The van der Waals surface area contributed by atoms with E-state index < -0.39 is 0 Å². The Morgan fingerprint density at radius 2 is 1.81 bits per heavy atom. The first-order valence-corrected chi connectivity index (χ1v) is 11.5. The standard InChI is InChI=1S/C26H33N3O3/c1-20-6-5-7-21(16-20)17-27-12-14-28(15-13-27)26(31)23-10-11-25(30)29(19-23)18-22-8-3-4-9-24(22)32-2/h3-9,16,23H,10-15,17-19H2,1-2H3/t23-/m0/s1. The summed E-state index contributed by atoms with van der Waals surface area (Å²) in [7, 11) is 1.64. The molecule has 2 amide bonds. The second kappa shape index (κ2) is 10.2. The summed E-state index contributed by atoms with van der Waals surface area (Å²) in [5.41, 5.74) is 3.57. The van der Waals surface area contributed by atoms with Gasteiger partial charge in [0.05, 0.1) is 13.0 Å². The molecule has 4 rings (SSSR count). The monoisotopic (exact) mass is 435 g/mol. The predicted octanol–water partition coefficient (Wildman–Crippen LogP) is 3.09. The van der Waals surface area contributed by atoms with Crippen LogP contribution in [0.1, 0.15) is 29.5 Å². The Hall–Kier alpha value is -2.86. The summed E-state index contributed by atoms with van der Waals surface area (Å²) in [6, 6.07) is 16.4. The number of piperidine rings is 1. The van der Waals surface area contributed by atoms with E-state index in [1.807, 2.05) is 34.1 Å². The number of para-hydroxylation sites is 1. The lowest BCUT2D eigenvalue weighted by Gasteiger charge is -2.39. The number of ether oxygens (including phenoxy) is 1. The molecule has 2 aromatic rings.